The summed E-state index contributed by atoms with van der Waals surface area (Å²) >= 11 is 0. The molecule has 0 aromatic carbocycles. The highest BCUT2D eigenvalue weighted by Crippen LogP contribution is 2.17. The molecule has 0 N–H and O–H groups in total. The molecule has 0 saturated heterocycles. The van der Waals surface area contributed by atoms with Gasteiger partial charge in [0.2, 0.25) is 0 Å². The van der Waals surface area contributed by atoms with Gasteiger partial charge in [-0.2, -0.15) is 0 Å². The van der Waals surface area contributed by atoms with Gasteiger partial charge in [0, 0.05) is 19.8 Å². The van der Waals surface area contributed by atoms with Gasteiger partial charge in [0.1, 0.15) is 0 Å². The van der Waals surface area contributed by atoms with Gasteiger partial charge in [-0.05, 0) is 25.9 Å². The van der Waals surface area contributed by atoms with Crippen molar-refractivity contribution in [1.82, 2.24) is 0 Å². The van der Waals surface area contributed by atoms with Crippen molar-refractivity contribution in [1.29, 1.82) is 0 Å². The number of ether oxygens (including phenoxy) is 1. The maximum absolute atomic E-state index is 11.1. The molecule has 0 aliphatic rings. The summed E-state index contributed by atoms with van der Waals surface area (Å²) in [6.07, 6.45) is 8.17. The third-order valence-electron chi connectivity index (χ3n) is 3.72. The second kappa shape index (κ2) is 11.9. The number of hydrogen-bond acceptors (Lipinski definition) is 4. The Labute approximate surface area is 131 Å². The van der Waals surface area contributed by atoms with E-state index in [9.17, 15) is 4.79 Å². The van der Waals surface area contributed by atoms with Gasteiger partial charge >= 0.3 is 14.5 Å². The molecule has 0 radical (unpaired) electrons. The second-order valence-corrected chi connectivity index (χ2v) is 9.27. The minimum atomic E-state index is -1.86. The number of esters is 1. The summed E-state index contributed by atoms with van der Waals surface area (Å²) < 4.78 is 16.0. The predicted molar refractivity (Wildman–Crippen MR) is 88.5 cm³/mol. The molecular formula is C16H32O4Si. The fourth-order valence-electron chi connectivity index (χ4n) is 2.01. The Morgan fingerprint density at radius 2 is 1.43 bits per heavy atom. The van der Waals surface area contributed by atoms with Crippen molar-refractivity contribution in [3.63, 3.8) is 0 Å². The second-order valence-electron chi connectivity index (χ2n) is 5.68. The van der Waals surface area contributed by atoms with Gasteiger partial charge in [-0.1, -0.05) is 45.1 Å². The first-order valence-corrected chi connectivity index (χ1v) is 10.4. The molecule has 4 nitrogen and oxygen atoms in total. The Hall–Kier alpha value is -0.653. The van der Waals surface area contributed by atoms with Crippen molar-refractivity contribution in [3.05, 3.63) is 12.2 Å². The maximum Gasteiger partial charge on any atom is 0.334 e. The van der Waals surface area contributed by atoms with Crippen LogP contribution in [0.4, 0.5) is 0 Å². The number of hydrogen-bond donors (Lipinski definition) is 0. The molecule has 0 aromatic heterocycles. The third kappa shape index (κ3) is 10.7. The van der Waals surface area contributed by atoms with Crippen LogP contribution in [0.15, 0.2) is 12.2 Å². The van der Waals surface area contributed by atoms with E-state index in [1.165, 1.54) is 32.1 Å². The maximum atomic E-state index is 11.1. The first kappa shape index (κ1) is 20.3. The summed E-state index contributed by atoms with van der Waals surface area (Å²) in [5, 5.41) is 0. The number of rotatable bonds is 13. The zero-order chi connectivity index (χ0) is 16.1. The molecule has 0 aliphatic heterocycles. The zero-order valence-corrected chi connectivity index (χ0v) is 15.2. The first-order chi connectivity index (χ1) is 9.95. The molecule has 21 heavy (non-hydrogen) atoms. The fraction of sp³-hybridized carbons (Fsp3) is 0.812. The van der Waals surface area contributed by atoms with E-state index in [-0.39, 0.29) is 5.97 Å². The van der Waals surface area contributed by atoms with Gasteiger partial charge in [-0.15, -0.1) is 0 Å². The molecule has 0 saturated carbocycles. The van der Waals surface area contributed by atoms with Gasteiger partial charge in [0.15, 0.2) is 0 Å². The Morgan fingerprint density at radius 1 is 0.952 bits per heavy atom. The van der Waals surface area contributed by atoms with E-state index < -0.39 is 8.56 Å². The monoisotopic (exact) mass is 316 g/mol. The Bertz CT molecular complexity index is 301. The van der Waals surface area contributed by atoms with E-state index in [1.54, 1.807) is 21.1 Å². The van der Waals surface area contributed by atoms with Gasteiger partial charge in [-0.3, -0.25) is 0 Å². The topological polar surface area (TPSA) is 44.8 Å². The molecule has 0 aliphatic carbocycles. The lowest BCUT2D eigenvalue weighted by atomic mass is 10.1. The van der Waals surface area contributed by atoms with Gasteiger partial charge < -0.3 is 13.6 Å². The molecule has 0 heterocycles. The van der Waals surface area contributed by atoms with Gasteiger partial charge in [0.05, 0.1) is 6.61 Å². The average molecular weight is 317 g/mol. The SMILES string of the molecule is C=C(C)C(=O)OCCCCCCCCC[Si](C)(OC)OC. The smallest absolute Gasteiger partial charge is 0.334 e. The first-order valence-electron chi connectivity index (χ1n) is 7.88. The highest BCUT2D eigenvalue weighted by atomic mass is 28.4. The highest BCUT2D eigenvalue weighted by Gasteiger charge is 2.27. The fourth-order valence-corrected chi connectivity index (χ4v) is 3.47. The molecule has 0 rings (SSSR count). The summed E-state index contributed by atoms with van der Waals surface area (Å²) in [6, 6.07) is 1.07. The molecule has 0 bridgehead atoms. The third-order valence-corrected chi connectivity index (χ3v) is 6.71. The zero-order valence-electron chi connectivity index (χ0n) is 14.2. The van der Waals surface area contributed by atoms with Crippen molar-refractivity contribution in [2.45, 2.75) is 64.5 Å². The van der Waals surface area contributed by atoms with Crippen LogP contribution in [0.5, 0.6) is 0 Å². The van der Waals surface area contributed by atoms with Crippen LogP contribution in [0.1, 0.15) is 51.9 Å². The van der Waals surface area contributed by atoms with E-state index in [4.69, 9.17) is 13.6 Å². The quantitative estimate of drug-likeness (QED) is 0.221. The Morgan fingerprint density at radius 3 is 1.90 bits per heavy atom. The molecule has 0 amide bonds. The number of unbranched alkanes of at least 4 members (excludes halogenated alkanes) is 6. The molecular weight excluding hydrogens is 284 g/mol. The standard InChI is InChI=1S/C16H32O4Si/c1-15(2)16(17)20-13-11-9-7-6-8-10-12-14-21(5,18-3)19-4/h1,6-14H2,2-5H3. The van der Waals surface area contributed by atoms with Crippen LogP contribution in [-0.2, 0) is 18.4 Å². The average Bonchev–Trinajstić information content (AvgIpc) is 2.48. The lowest BCUT2D eigenvalue weighted by Crippen LogP contribution is -2.35. The predicted octanol–water partition coefficient (Wildman–Crippen LogP) is 4.20. The minimum absolute atomic E-state index is 0.279. The molecule has 124 valence electrons. The van der Waals surface area contributed by atoms with Crippen LogP contribution < -0.4 is 0 Å². The Kier molecular flexibility index (Phi) is 11.6. The lowest BCUT2D eigenvalue weighted by Gasteiger charge is -2.22. The van der Waals surface area contributed by atoms with E-state index >= 15 is 0 Å². The molecule has 0 atom stereocenters. The summed E-state index contributed by atoms with van der Waals surface area (Å²) in [4.78, 5) is 11.1. The van der Waals surface area contributed by atoms with Crippen LogP contribution in [0.3, 0.4) is 0 Å². The number of carbonyl (C=O) groups is 1. The van der Waals surface area contributed by atoms with Crippen molar-refractivity contribution >= 4 is 14.5 Å². The molecule has 0 fully saturated rings. The minimum Gasteiger partial charge on any atom is -0.462 e. The van der Waals surface area contributed by atoms with E-state index in [1.807, 2.05) is 0 Å². The van der Waals surface area contributed by atoms with E-state index in [0.717, 1.165) is 18.9 Å². The van der Waals surface area contributed by atoms with Crippen LogP contribution in [0.25, 0.3) is 0 Å². The normalized spacial score (nSPS) is 11.4. The largest absolute Gasteiger partial charge is 0.462 e. The van der Waals surface area contributed by atoms with Crippen LogP contribution in [0, 0.1) is 0 Å². The van der Waals surface area contributed by atoms with Crippen LogP contribution in [-0.4, -0.2) is 35.4 Å². The molecule has 5 heteroatoms. The molecule has 0 unspecified atom stereocenters. The summed E-state index contributed by atoms with van der Waals surface area (Å²) in [5.41, 5.74) is 0.470. The molecule has 0 spiro atoms. The summed E-state index contributed by atoms with van der Waals surface area (Å²) in [6.45, 7) is 7.84. The summed E-state index contributed by atoms with van der Waals surface area (Å²) in [5.74, 6) is -0.279. The van der Waals surface area contributed by atoms with Gasteiger partial charge in [0.25, 0.3) is 0 Å². The van der Waals surface area contributed by atoms with E-state index in [2.05, 4.69) is 13.1 Å². The van der Waals surface area contributed by atoms with Crippen molar-refractivity contribution in [2.24, 2.45) is 0 Å². The summed E-state index contributed by atoms with van der Waals surface area (Å²) in [7, 11) is 1.63. The van der Waals surface area contributed by atoms with Crippen LogP contribution in [0.2, 0.25) is 12.6 Å². The van der Waals surface area contributed by atoms with E-state index in [0.29, 0.717) is 12.2 Å². The number of carbonyl (C=O) groups excluding carboxylic acids is 1. The van der Waals surface area contributed by atoms with Crippen LogP contribution >= 0.6 is 0 Å². The van der Waals surface area contributed by atoms with Crippen molar-refractivity contribution < 1.29 is 18.4 Å². The van der Waals surface area contributed by atoms with Gasteiger partial charge in [-0.25, -0.2) is 4.79 Å². The van der Waals surface area contributed by atoms with Crippen molar-refractivity contribution in [2.75, 3.05) is 20.8 Å². The highest BCUT2D eigenvalue weighted by molar-refractivity contribution is 6.65. The Balaban J connectivity index is 3.34. The lowest BCUT2D eigenvalue weighted by molar-refractivity contribution is -0.139. The molecule has 0 aromatic rings. The van der Waals surface area contributed by atoms with Crippen molar-refractivity contribution in [3.8, 4) is 0 Å².